The van der Waals surface area contributed by atoms with E-state index in [0.29, 0.717) is 29.1 Å². The lowest BCUT2D eigenvalue weighted by atomic mass is 9.44. The van der Waals surface area contributed by atoms with Crippen LogP contribution in [0.2, 0.25) is 0 Å². The third-order valence-electron chi connectivity index (χ3n) is 7.54. The van der Waals surface area contributed by atoms with Gasteiger partial charge in [0.05, 0.1) is 30.7 Å². The fourth-order valence-corrected chi connectivity index (χ4v) is 7.21. The molecular formula is C23H32N4O6S. The molecule has 3 amide bonds. The lowest BCUT2D eigenvalue weighted by Gasteiger charge is -2.59. The van der Waals surface area contributed by atoms with Gasteiger partial charge in [0.25, 0.3) is 0 Å². The second-order valence-electron chi connectivity index (χ2n) is 10.2. The van der Waals surface area contributed by atoms with Crippen molar-refractivity contribution >= 4 is 40.3 Å². The van der Waals surface area contributed by atoms with Crippen LogP contribution in [0.1, 0.15) is 44.2 Å². The Morgan fingerprint density at radius 1 is 1.12 bits per heavy atom. The number of amides is 3. The molecule has 4 aliphatic rings. The minimum Gasteiger partial charge on any atom is -0.469 e. The van der Waals surface area contributed by atoms with Gasteiger partial charge in [-0.1, -0.05) is 0 Å². The minimum absolute atomic E-state index is 0.137. The molecule has 0 aromatic carbocycles. The molecule has 4 aliphatic carbocycles. The van der Waals surface area contributed by atoms with Gasteiger partial charge in [-0.05, 0) is 50.4 Å². The Morgan fingerprint density at radius 3 is 2.35 bits per heavy atom. The highest BCUT2D eigenvalue weighted by Crippen LogP contribution is 2.65. The monoisotopic (exact) mass is 492 g/mol. The van der Waals surface area contributed by atoms with Crippen LogP contribution >= 0.6 is 11.3 Å². The Labute approximate surface area is 202 Å². The molecule has 0 saturated heterocycles. The first-order valence-electron chi connectivity index (χ1n) is 11.5. The molecule has 186 valence electrons. The van der Waals surface area contributed by atoms with E-state index in [4.69, 9.17) is 9.47 Å². The van der Waals surface area contributed by atoms with Crippen molar-refractivity contribution in [2.24, 2.45) is 22.7 Å². The summed E-state index contributed by atoms with van der Waals surface area (Å²) in [6, 6.07) is -1.22. The van der Waals surface area contributed by atoms with Gasteiger partial charge in [-0.25, -0.2) is 14.6 Å². The number of methoxy groups -OCH3 is 2. The van der Waals surface area contributed by atoms with Crippen molar-refractivity contribution in [2.45, 2.75) is 51.0 Å². The molecule has 1 aromatic heterocycles. The van der Waals surface area contributed by atoms with Crippen molar-refractivity contribution < 1.29 is 28.7 Å². The Bertz CT molecular complexity index is 978. The first-order valence-corrected chi connectivity index (χ1v) is 12.4. The molecule has 3 unspecified atom stereocenters. The standard InChI is InChI=1S/C23H32N4O6S/c1-27(2)21(31)26-20-24-15(11-34-20)6-16(17(28)32-3)25-18(29)22-7-13-5-14(8-22)10-23(9-13,12-22)19(30)33-4/h11,13-14,16H,5-10,12H2,1-4H3,(H,25,29)(H,24,26,31). The van der Waals surface area contributed by atoms with E-state index in [0.717, 1.165) is 32.1 Å². The van der Waals surface area contributed by atoms with E-state index in [1.165, 1.54) is 30.5 Å². The summed E-state index contributed by atoms with van der Waals surface area (Å²) in [5.41, 5.74) is -0.727. The number of hydrogen-bond acceptors (Lipinski definition) is 8. The van der Waals surface area contributed by atoms with Gasteiger partial charge in [0.2, 0.25) is 5.91 Å². The number of rotatable bonds is 7. The summed E-state index contributed by atoms with van der Waals surface area (Å²) in [6.45, 7) is 0. The highest BCUT2D eigenvalue weighted by atomic mass is 32.1. The van der Waals surface area contributed by atoms with Gasteiger partial charge in [0.15, 0.2) is 5.13 Å². The molecule has 11 heteroatoms. The smallest absolute Gasteiger partial charge is 0.328 e. The highest BCUT2D eigenvalue weighted by Gasteiger charge is 2.63. The first kappa shape index (κ1) is 24.4. The second kappa shape index (κ2) is 9.16. The summed E-state index contributed by atoms with van der Waals surface area (Å²) >= 11 is 1.24. The molecule has 4 bridgehead atoms. The zero-order valence-corrected chi connectivity index (χ0v) is 20.8. The first-order chi connectivity index (χ1) is 16.1. The van der Waals surface area contributed by atoms with Crippen LogP contribution in [-0.2, 0) is 30.3 Å². The SMILES string of the molecule is COC(=O)C(Cc1csc(NC(=O)N(C)C)n1)NC(=O)C12CC3CC(C1)CC(C(=O)OC)(C3)C2. The lowest BCUT2D eigenvalue weighted by Crippen LogP contribution is -2.61. The van der Waals surface area contributed by atoms with Crippen LogP contribution in [-0.4, -0.2) is 68.1 Å². The average molecular weight is 493 g/mol. The summed E-state index contributed by atoms with van der Waals surface area (Å²) in [7, 11) is 5.94. The molecule has 0 radical (unpaired) electrons. The number of aromatic nitrogens is 1. The predicted octanol–water partition coefficient (Wildman–Crippen LogP) is 2.20. The Morgan fingerprint density at radius 2 is 1.76 bits per heavy atom. The van der Waals surface area contributed by atoms with Crippen molar-refractivity contribution in [1.29, 1.82) is 0 Å². The maximum atomic E-state index is 13.6. The largest absolute Gasteiger partial charge is 0.469 e. The van der Waals surface area contributed by atoms with Crippen molar-refractivity contribution in [3.8, 4) is 0 Å². The van der Waals surface area contributed by atoms with Crippen LogP contribution in [0.5, 0.6) is 0 Å². The van der Waals surface area contributed by atoms with Crippen LogP contribution in [0.3, 0.4) is 0 Å². The van der Waals surface area contributed by atoms with Crippen LogP contribution in [0.15, 0.2) is 5.38 Å². The summed E-state index contributed by atoms with van der Waals surface area (Å²) < 4.78 is 10.1. The number of nitrogens with zero attached hydrogens (tertiary/aromatic N) is 2. The van der Waals surface area contributed by atoms with Gasteiger partial charge in [-0.15, -0.1) is 11.3 Å². The van der Waals surface area contributed by atoms with Gasteiger partial charge >= 0.3 is 18.0 Å². The van der Waals surface area contributed by atoms with E-state index >= 15 is 0 Å². The van der Waals surface area contributed by atoms with Crippen molar-refractivity contribution in [3.63, 3.8) is 0 Å². The van der Waals surface area contributed by atoms with Crippen LogP contribution in [0, 0.1) is 22.7 Å². The zero-order valence-electron chi connectivity index (χ0n) is 20.0. The van der Waals surface area contributed by atoms with Gasteiger partial charge < -0.3 is 19.7 Å². The predicted molar refractivity (Wildman–Crippen MR) is 124 cm³/mol. The van der Waals surface area contributed by atoms with Crippen LogP contribution < -0.4 is 10.6 Å². The number of anilines is 1. The Kier molecular flexibility index (Phi) is 6.58. The van der Waals surface area contributed by atoms with Crippen molar-refractivity contribution in [3.05, 3.63) is 11.1 Å². The highest BCUT2D eigenvalue weighted by molar-refractivity contribution is 7.13. The number of urea groups is 1. The average Bonchev–Trinajstić information content (AvgIpc) is 3.23. The van der Waals surface area contributed by atoms with E-state index < -0.39 is 22.8 Å². The van der Waals surface area contributed by atoms with Crippen LogP contribution in [0.25, 0.3) is 0 Å². The molecular weight excluding hydrogens is 460 g/mol. The lowest BCUT2D eigenvalue weighted by molar-refractivity contribution is -0.182. The number of thiazole rings is 1. The molecule has 0 spiro atoms. The molecule has 4 saturated carbocycles. The maximum Gasteiger partial charge on any atom is 0.328 e. The molecule has 34 heavy (non-hydrogen) atoms. The summed E-state index contributed by atoms with van der Waals surface area (Å²) in [4.78, 5) is 56.5. The van der Waals surface area contributed by atoms with E-state index in [1.54, 1.807) is 19.5 Å². The fourth-order valence-electron chi connectivity index (χ4n) is 6.50. The van der Waals surface area contributed by atoms with Crippen LogP contribution in [0.4, 0.5) is 9.93 Å². The number of ether oxygens (including phenoxy) is 2. The van der Waals surface area contributed by atoms with Gasteiger partial charge in [-0.3, -0.25) is 14.9 Å². The quantitative estimate of drug-likeness (QED) is 0.559. The number of esters is 2. The number of hydrogen-bond donors (Lipinski definition) is 2. The summed E-state index contributed by atoms with van der Waals surface area (Å²) in [5.74, 6) is -0.375. The second-order valence-corrected chi connectivity index (χ2v) is 11.1. The molecule has 2 N–H and O–H groups in total. The zero-order chi connectivity index (χ0) is 24.7. The van der Waals surface area contributed by atoms with E-state index in [9.17, 15) is 19.2 Å². The van der Waals surface area contributed by atoms with E-state index in [-0.39, 0.29) is 24.3 Å². The van der Waals surface area contributed by atoms with E-state index in [1.807, 2.05) is 0 Å². The third-order valence-corrected chi connectivity index (χ3v) is 8.34. The topological polar surface area (TPSA) is 127 Å². The van der Waals surface area contributed by atoms with Gasteiger partial charge in [-0.2, -0.15) is 0 Å². The molecule has 1 aromatic rings. The summed E-state index contributed by atoms with van der Waals surface area (Å²) in [5, 5.41) is 7.74. The van der Waals surface area contributed by atoms with Gasteiger partial charge in [0.1, 0.15) is 6.04 Å². The number of carbonyl (C=O) groups excluding carboxylic acids is 4. The number of carbonyl (C=O) groups is 4. The molecule has 3 atom stereocenters. The molecule has 10 nitrogen and oxygen atoms in total. The Balaban J connectivity index is 1.49. The van der Waals surface area contributed by atoms with E-state index in [2.05, 4.69) is 15.6 Å². The number of nitrogens with one attached hydrogen (secondary N) is 2. The third kappa shape index (κ3) is 4.49. The molecule has 1 heterocycles. The molecule has 0 aliphatic heterocycles. The maximum absolute atomic E-state index is 13.6. The van der Waals surface area contributed by atoms with Crippen molar-refractivity contribution in [1.82, 2.24) is 15.2 Å². The molecule has 5 rings (SSSR count). The fraction of sp³-hybridized carbons (Fsp3) is 0.696. The minimum atomic E-state index is -0.918. The summed E-state index contributed by atoms with van der Waals surface area (Å²) in [6.07, 6.45) is 4.61. The molecule has 4 fully saturated rings. The van der Waals surface area contributed by atoms with Crippen molar-refractivity contribution in [2.75, 3.05) is 33.6 Å². The van der Waals surface area contributed by atoms with Gasteiger partial charge in [0, 0.05) is 25.9 Å². The normalized spacial score (nSPS) is 29.8. The Hall–Kier alpha value is -2.69.